The lowest BCUT2D eigenvalue weighted by molar-refractivity contribution is -0.133. The van der Waals surface area contributed by atoms with Crippen molar-refractivity contribution in [2.45, 2.75) is 18.9 Å². The first-order chi connectivity index (χ1) is 14.1. The number of amides is 2. The van der Waals surface area contributed by atoms with Gasteiger partial charge in [-0.2, -0.15) is 0 Å². The molecule has 0 aliphatic carbocycles. The van der Waals surface area contributed by atoms with Gasteiger partial charge in [0.25, 0.3) is 5.91 Å². The van der Waals surface area contributed by atoms with Crippen molar-refractivity contribution in [1.29, 1.82) is 0 Å². The molecule has 5 rings (SSSR count). The van der Waals surface area contributed by atoms with Gasteiger partial charge < -0.3 is 9.80 Å². The molecule has 146 valence electrons. The zero-order chi connectivity index (χ0) is 20.0. The van der Waals surface area contributed by atoms with E-state index in [1.54, 1.807) is 27.6 Å². The van der Waals surface area contributed by atoms with E-state index in [0.717, 1.165) is 12.0 Å². The maximum absolute atomic E-state index is 13.2. The Balaban J connectivity index is 1.35. The lowest BCUT2D eigenvalue weighted by Gasteiger charge is -2.36. The van der Waals surface area contributed by atoms with Crippen LogP contribution in [0.4, 0.5) is 0 Å². The zero-order valence-corrected chi connectivity index (χ0v) is 17.5. The summed E-state index contributed by atoms with van der Waals surface area (Å²) in [4.78, 5) is 32.1. The molecule has 2 aromatic heterocycles. The summed E-state index contributed by atoms with van der Waals surface area (Å²) in [5.41, 5.74) is 3.46. The van der Waals surface area contributed by atoms with Crippen molar-refractivity contribution in [1.82, 2.24) is 9.80 Å². The first-order valence-electron chi connectivity index (χ1n) is 9.64. The number of benzene rings is 1. The van der Waals surface area contributed by atoms with Crippen molar-refractivity contribution in [3.05, 3.63) is 86.2 Å². The van der Waals surface area contributed by atoms with Crippen LogP contribution in [-0.4, -0.2) is 34.7 Å². The van der Waals surface area contributed by atoms with Crippen LogP contribution in [0.25, 0.3) is 5.70 Å². The summed E-state index contributed by atoms with van der Waals surface area (Å²) in [5, 5.41) is 4.17. The summed E-state index contributed by atoms with van der Waals surface area (Å²) in [6, 6.07) is 13.8. The molecule has 0 bridgehead atoms. The second-order valence-corrected chi connectivity index (χ2v) is 9.23. The number of hydrogen-bond acceptors (Lipinski definition) is 4. The van der Waals surface area contributed by atoms with E-state index >= 15 is 0 Å². The van der Waals surface area contributed by atoms with E-state index < -0.39 is 0 Å². The van der Waals surface area contributed by atoms with Gasteiger partial charge in [-0.1, -0.05) is 30.8 Å². The fourth-order valence-electron chi connectivity index (χ4n) is 4.26. The number of carbonyl (C=O) groups is 2. The number of fused-ring (bicyclic) bond motifs is 2. The van der Waals surface area contributed by atoms with E-state index in [0.29, 0.717) is 30.8 Å². The summed E-state index contributed by atoms with van der Waals surface area (Å²) < 4.78 is 0. The third kappa shape index (κ3) is 3.03. The van der Waals surface area contributed by atoms with Gasteiger partial charge in [-0.05, 0) is 40.9 Å². The lowest BCUT2D eigenvalue weighted by Crippen LogP contribution is -2.41. The summed E-state index contributed by atoms with van der Waals surface area (Å²) in [6.45, 7) is 5.15. The molecule has 4 heterocycles. The fourth-order valence-corrected chi connectivity index (χ4v) is 6.02. The molecule has 4 nitrogen and oxygen atoms in total. The minimum Gasteiger partial charge on any atom is -0.330 e. The van der Waals surface area contributed by atoms with Crippen LogP contribution < -0.4 is 0 Å². The molecule has 0 N–H and O–H groups in total. The van der Waals surface area contributed by atoms with Crippen molar-refractivity contribution in [3.63, 3.8) is 0 Å². The Hall–Kier alpha value is -2.70. The minimum atomic E-state index is -0.0630. The number of carbonyl (C=O) groups excluding carboxylic acids is 2. The highest BCUT2D eigenvalue weighted by atomic mass is 32.1. The van der Waals surface area contributed by atoms with Crippen LogP contribution >= 0.6 is 22.7 Å². The highest BCUT2D eigenvalue weighted by molar-refractivity contribution is 7.10. The van der Waals surface area contributed by atoms with Crippen molar-refractivity contribution in [3.8, 4) is 0 Å². The number of hydrogen-bond donors (Lipinski definition) is 0. The second kappa shape index (κ2) is 7.28. The molecule has 2 amide bonds. The first kappa shape index (κ1) is 18.3. The van der Waals surface area contributed by atoms with E-state index in [4.69, 9.17) is 0 Å². The Labute approximate surface area is 177 Å². The molecular formula is C23H20N2O2S2. The van der Waals surface area contributed by atoms with Gasteiger partial charge in [0, 0.05) is 46.1 Å². The predicted molar refractivity (Wildman–Crippen MR) is 117 cm³/mol. The molecule has 0 saturated carbocycles. The Bertz CT molecular complexity index is 1060. The standard InChI is InChI=1S/C23H20N2O2S2/c1-15-16-5-2-3-6-17(16)23(27)24(15)12-9-21(26)25-11-8-19-18(10-14-29-19)22(25)20-7-4-13-28-20/h2-7,10,13-14,22H,1,8-9,11-12H2/t22-/m1/s1. The highest BCUT2D eigenvalue weighted by Gasteiger charge is 2.35. The SMILES string of the molecule is C=C1c2ccccc2C(=O)N1CCC(=O)N1CCc2sccc2[C@@H]1c1cccs1. The van der Waals surface area contributed by atoms with Crippen LogP contribution in [0.15, 0.2) is 59.8 Å². The monoisotopic (exact) mass is 420 g/mol. The highest BCUT2D eigenvalue weighted by Crippen LogP contribution is 2.40. The van der Waals surface area contributed by atoms with Crippen molar-refractivity contribution < 1.29 is 9.59 Å². The van der Waals surface area contributed by atoms with E-state index in [-0.39, 0.29) is 17.9 Å². The van der Waals surface area contributed by atoms with Gasteiger partial charge in [-0.25, -0.2) is 0 Å². The van der Waals surface area contributed by atoms with Gasteiger partial charge in [0.15, 0.2) is 0 Å². The molecule has 2 aliphatic heterocycles. The van der Waals surface area contributed by atoms with Gasteiger partial charge in [-0.15, -0.1) is 22.7 Å². The maximum Gasteiger partial charge on any atom is 0.258 e. The van der Waals surface area contributed by atoms with Crippen LogP contribution in [0.2, 0.25) is 0 Å². The van der Waals surface area contributed by atoms with Crippen molar-refractivity contribution >= 4 is 40.2 Å². The quantitative estimate of drug-likeness (QED) is 0.608. The summed E-state index contributed by atoms with van der Waals surface area (Å²) in [7, 11) is 0. The Morgan fingerprint density at radius 3 is 2.66 bits per heavy atom. The molecule has 29 heavy (non-hydrogen) atoms. The molecule has 0 spiro atoms. The summed E-state index contributed by atoms with van der Waals surface area (Å²) in [6.07, 6.45) is 1.18. The van der Waals surface area contributed by atoms with Crippen molar-refractivity contribution in [2.75, 3.05) is 13.1 Å². The van der Waals surface area contributed by atoms with Crippen LogP contribution in [0.5, 0.6) is 0 Å². The number of rotatable bonds is 4. The summed E-state index contributed by atoms with van der Waals surface area (Å²) in [5.74, 6) is 0.0174. The van der Waals surface area contributed by atoms with Gasteiger partial charge in [0.1, 0.15) is 0 Å². The molecule has 1 atom stereocenters. The number of nitrogens with zero attached hydrogens (tertiary/aromatic N) is 2. The molecule has 3 aromatic rings. The van der Waals surface area contributed by atoms with Gasteiger partial charge in [0.05, 0.1) is 6.04 Å². The number of thiophene rings is 2. The molecule has 0 unspecified atom stereocenters. The first-order valence-corrected chi connectivity index (χ1v) is 11.4. The van der Waals surface area contributed by atoms with E-state index in [2.05, 4.69) is 29.5 Å². The normalized spacial score (nSPS) is 18.1. The van der Waals surface area contributed by atoms with Crippen LogP contribution in [0, 0.1) is 0 Å². The third-order valence-electron chi connectivity index (χ3n) is 5.69. The van der Waals surface area contributed by atoms with E-state index in [9.17, 15) is 9.59 Å². The minimum absolute atomic E-state index is 0.0211. The topological polar surface area (TPSA) is 40.6 Å². The maximum atomic E-state index is 13.2. The van der Waals surface area contributed by atoms with E-state index in [1.807, 2.05) is 35.2 Å². The largest absolute Gasteiger partial charge is 0.330 e. The van der Waals surface area contributed by atoms with E-state index in [1.165, 1.54) is 15.3 Å². The second-order valence-electron chi connectivity index (χ2n) is 7.25. The van der Waals surface area contributed by atoms with Crippen LogP contribution in [0.1, 0.15) is 43.7 Å². The molecule has 0 saturated heterocycles. The smallest absolute Gasteiger partial charge is 0.258 e. The zero-order valence-electron chi connectivity index (χ0n) is 15.8. The molecule has 0 radical (unpaired) electrons. The molecule has 0 fully saturated rings. The van der Waals surface area contributed by atoms with Gasteiger partial charge in [-0.3, -0.25) is 9.59 Å². The molecular weight excluding hydrogens is 400 g/mol. The van der Waals surface area contributed by atoms with Gasteiger partial charge >= 0.3 is 0 Å². The Morgan fingerprint density at radius 1 is 1.07 bits per heavy atom. The fraction of sp³-hybridized carbons (Fsp3) is 0.217. The Morgan fingerprint density at radius 2 is 1.90 bits per heavy atom. The lowest BCUT2D eigenvalue weighted by atomic mass is 9.98. The molecule has 6 heteroatoms. The average Bonchev–Trinajstić information content (AvgIpc) is 3.48. The van der Waals surface area contributed by atoms with Crippen molar-refractivity contribution in [2.24, 2.45) is 0 Å². The Kier molecular flexibility index (Phi) is 4.60. The van der Waals surface area contributed by atoms with Gasteiger partial charge in [0.2, 0.25) is 5.91 Å². The average molecular weight is 421 g/mol. The predicted octanol–water partition coefficient (Wildman–Crippen LogP) is 4.80. The van der Waals surface area contributed by atoms with Crippen LogP contribution in [0.3, 0.4) is 0 Å². The van der Waals surface area contributed by atoms with Crippen LogP contribution in [-0.2, 0) is 11.2 Å². The third-order valence-corrected chi connectivity index (χ3v) is 7.61. The molecule has 2 aliphatic rings. The summed E-state index contributed by atoms with van der Waals surface area (Å²) >= 11 is 3.46. The molecule has 1 aromatic carbocycles.